The summed E-state index contributed by atoms with van der Waals surface area (Å²) in [6, 6.07) is 12.0. The minimum atomic E-state index is 0.735. The first-order chi connectivity index (χ1) is 10.7. The van der Waals surface area contributed by atoms with Crippen LogP contribution in [-0.2, 0) is 6.42 Å². The van der Waals surface area contributed by atoms with Gasteiger partial charge in [0.25, 0.3) is 0 Å². The molecule has 6 heteroatoms. The highest BCUT2D eigenvalue weighted by Crippen LogP contribution is 2.24. The van der Waals surface area contributed by atoms with Crippen LogP contribution in [0.4, 0.5) is 17.2 Å². The summed E-state index contributed by atoms with van der Waals surface area (Å²) < 4.78 is 0. The van der Waals surface area contributed by atoms with Gasteiger partial charge in [0.05, 0.1) is 5.69 Å². The number of aromatic nitrogens is 1. The highest BCUT2D eigenvalue weighted by molar-refractivity contribution is 5.71. The fourth-order valence-corrected chi connectivity index (χ4v) is 2.07. The van der Waals surface area contributed by atoms with E-state index in [4.69, 9.17) is 16.5 Å². The summed E-state index contributed by atoms with van der Waals surface area (Å²) in [6.45, 7) is 1.06. The molecule has 0 saturated carbocycles. The van der Waals surface area contributed by atoms with Crippen molar-refractivity contribution in [1.82, 2.24) is 9.88 Å². The predicted molar refractivity (Wildman–Crippen MR) is 88.7 cm³/mol. The summed E-state index contributed by atoms with van der Waals surface area (Å²) in [5.41, 5.74) is 9.11. The van der Waals surface area contributed by atoms with E-state index in [1.165, 1.54) is 0 Å². The lowest BCUT2D eigenvalue weighted by atomic mass is 10.1. The zero-order valence-corrected chi connectivity index (χ0v) is 13.0. The number of anilines is 3. The van der Waals surface area contributed by atoms with Gasteiger partial charge in [0.1, 0.15) is 0 Å². The topological polar surface area (TPSA) is 102 Å². The highest BCUT2D eigenvalue weighted by atomic mass is 15.0. The van der Waals surface area contributed by atoms with Crippen molar-refractivity contribution in [2.75, 3.05) is 31.7 Å². The maximum absolute atomic E-state index is 6.21. The van der Waals surface area contributed by atoms with Crippen LogP contribution in [0.15, 0.2) is 42.6 Å². The normalized spacial score (nSPS) is 9.86. The second kappa shape index (κ2) is 9.32. The average molecular weight is 298 g/mol. The molecule has 0 bridgehead atoms. The lowest BCUT2D eigenvalue weighted by Crippen LogP contribution is -2.14. The third-order valence-corrected chi connectivity index (χ3v) is 3.17. The lowest BCUT2D eigenvalue weighted by molar-refractivity contribution is 0.400. The van der Waals surface area contributed by atoms with Crippen LogP contribution in [0.5, 0.6) is 0 Å². The molecule has 116 valence electrons. The molecule has 0 aliphatic rings. The van der Waals surface area contributed by atoms with Crippen molar-refractivity contribution in [3.8, 4) is 0 Å². The van der Waals surface area contributed by atoms with E-state index in [-0.39, 0.29) is 0 Å². The highest BCUT2D eigenvalue weighted by Gasteiger charge is 2.06. The first-order valence-electron chi connectivity index (χ1n) is 7.07. The Labute approximate surface area is 131 Å². The van der Waals surface area contributed by atoms with E-state index in [9.17, 15) is 0 Å². The lowest BCUT2D eigenvalue weighted by Gasteiger charge is -2.13. The maximum atomic E-state index is 6.21. The van der Waals surface area contributed by atoms with Gasteiger partial charge < -0.3 is 16.0 Å². The molecule has 22 heavy (non-hydrogen) atoms. The average Bonchev–Trinajstić information content (AvgIpc) is 2.53. The number of benzene rings is 1. The number of hydrogen-bond acceptors (Lipinski definition) is 6. The minimum absolute atomic E-state index is 0.735. The summed E-state index contributed by atoms with van der Waals surface area (Å²) in [7, 11) is 4.16. The quantitative estimate of drug-likeness (QED) is 0.795. The molecule has 0 aliphatic carbocycles. The van der Waals surface area contributed by atoms with E-state index in [2.05, 4.69) is 29.3 Å². The van der Waals surface area contributed by atoms with Gasteiger partial charge in [-0.2, -0.15) is 0 Å². The number of para-hydroxylation sites is 1. The zero-order valence-electron chi connectivity index (χ0n) is 13.0. The number of aryl methyl sites for hydroxylation is 1. The van der Waals surface area contributed by atoms with E-state index < -0.39 is 0 Å². The first kappa shape index (κ1) is 17.4. The van der Waals surface area contributed by atoms with Crippen LogP contribution in [0, 0.1) is 10.8 Å². The zero-order chi connectivity index (χ0) is 16.4. The molecule has 0 aliphatic heterocycles. The fourth-order valence-electron chi connectivity index (χ4n) is 2.07. The molecule has 3 N–H and O–H groups in total. The van der Waals surface area contributed by atoms with Gasteiger partial charge >= 0.3 is 0 Å². The van der Waals surface area contributed by atoms with Crippen LogP contribution in [0.3, 0.4) is 0 Å². The molecule has 2 aromatic rings. The van der Waals surface area contributed by atoms with Gasteiger partial charge in [0.2, 0.25) is 0 Å². The van der Waals surface area contributed by atoms with Crippen molar-refractivity contribution in [3.05, 3.63) is 48.2 Å². The molecule has 1 aromatic heterocycles. The predicted octanol–water partition coefficient (Wildman–Crippen LogP) is 2.93. The van der Waals surface area contributed by atoms with Gasteiger partial charge in [-0.3, -0.25) is 0 Å². The molecule has 0 spiro atoms. The van der Waals surface area contributed by atoms with Crippen LogP contribution in [0.25, 0.3) is 0 Å². The van der Waals surface area contributed by atoms with Crippen LogP contribution in [0.1, 0.15) is 12.0 Å². The smallest absolute Gasteiger partial charge is 0.153 e. The number of hydrogen-bond donors (Lipinski definition) is 2. The van der Waals surface area contributed by atoms with Gasteiger partial charge in [-0.05, 0) is 57.2 Å². The van der Waals surface area contributed by atoms with Crippen LogP contribution < -0.4 is 11.1 Å². The molecule has 0 fully saturated rings. The van der Waals surface area contributed by atoms with Crippen molar-refractivity contribution in [3.63, 3.8) is 0 Å². The largest absolute Gasteiger partial charge is 0.396 e. The molecule has 0 unspecified atom stereocenters. The number of rotatable bonds is 6. The minimum Gasteiger partial charge on any atom is -0.396 e. The van der Waals surface area contributed by atoms with Crippen LogP contribution in [-0.4, -0.2) is 30.5 Å². The van der Waals surface area contributed by atoms with Crippen molar-refractivity contribution < 1.29 is 0 Å². The Hall–Kier alpha value is -2.65. The molecule has 0 amide bonds. The Morgan fingerprint density at radius 2 is 1.82 bits per heavy atom. The molecular formula is C16H22N6. The van der Waals surface area contributed by atoms with E-state index >= 15 is 0 Å². The molecule has 0 radical (unpaired) electrons. The Morgan fingerprint density at radius 3 is 2.45 bits per heavy atom. The van der Waals surface area contributed by atoms with Crippen molar-refractivity contribution in [2.45, 2.75) is 12.8 Å². The van der Waals surface area contributed by atoms with E-state index in [0.29, 0.717) is 0 Å². The Morgan fingerprint density at radius 1 is 1.14 bits per heavy atom. The van der Waals surface area contributed by atoms with E-state index in [0.717, 1.165) is 42.1 Å². The fraction of sp³-hybridized carbons (Fsp3) is 0.312. The van der Waals surface area contributed by atoms with Crippen LogP contribution in [0.2, 0.25) is 0 Å². The summed E-state index contributed by atoms with van der Waals surface area (Å²) >= 11 is 0. The molecule has 2 rings (SSSR count). The van der Waals surface area contributed by atoms with Gasteiger partial charge in [0.15, 0.2) is 5.82 Å². The number of nitrogens with one attached hydrogen (secondary N) is 1. The van der Waals surface area contributed by atoms with Crippen molar-refractivity contribution in [1.29, 1.82) is 10.8 Å². The maximum Gasteiger partial charge on any atom is 0.153 e. The van der Waals surface area contributed by atoms with Gasteiger partial charge in [-0.15, -0.1) is 0 Å². The van der Waals surface area contributed by atoms with E-state index in [1.54, 1.807) is 0 Å². The second-order valence-electron chi connectivity index (χ2n) is 5.13. The number of nitrogens with two attached hydrogens (primary N) is 1. The van der Waals surface area contributed by atoms with Crippen molar-refractivity contribution in [2.24, 2.45) is 0 Å². The van der Waals surface area contributed by atoms with Gasteiger partial charge in [-0.1, -0.05) is 18.2 Å². The Balaban J connectivity index is 0.00000116. The number of pyridine rings is 1. The summed E-state index contributed by atoms with van der Waals surface area (Å²) in [5, 5.41) is 15.3. The Kier molecular flexibility index (Phi) is 7.37. The summed E-state index contributed by atoms with van der Waals surface area (Å²) in [6.07, 6.45) is 3.87. The second-order valence-corrected chi connectivity index (χ2v) is 5.13. The molecule has 1 heterocycles. The SMILES string of the molecule is CN(C)CCCc1ccnc(Nc2ccccc2)c1N.N#N. The van der Waals surface area contributed by atoms with Crippen LogP contribution >= 0.6 is 0 Å². The van der Waals surface area contributed by atoms with E-state index in [1.807, 2.05) is 42.6 Å². The third-order valence-electron chi connectivity index (χ3n) is 3.17. The Bertz CT molecular complexity index is 580. The first-order valence-corrected chi connectivity index (χ1v) is 7.07. The van der Waals surface area contributed by atoms with Gasteiger partial charge in [0, 0.05) is 22.7 Å². The summed E-state index contributed by atoms with van der Waals surface area (Å²) in [5.74, 6) is 0.735. The van der Waals surface area contributed by atoms with Crippen molar-refractivity contribution >= 4 is 17.2 Å². The number of nitrogens with zero attached hydrogens (tertiary/aromatic N) is 4. The molecule has 6 nitrogen and oxygen atoms in total. The molecule has 1 aromatic carbocycles. The summed E-state index contributed by atoms with van der Waals surface area (Å²) in [4.78, 5) is 6.51. The number of nitrogen functional groups attached to an aromatic ring is 1. The molecule has 0 saturated heterocycles. The van der Waals surface area contributed by atoms with Gasteiger partial charge in [-0.25, -0.2) is 4.98 Å². The standard InChI is InChI=1S/C16H22N4.N2/c1-20(2)12-6-7-13-10-11-18-16(15(13)17)19-14-8-4-3-5-9-14;1-2/h3-5,8-11H,6-7,12,17H2,1-2H3,(H,18,19);. The molecule has 0 atom stereocenters. The monoisotopic (exact) mass is 298 g/mol. The third kappa shape index (κ3) is 5.38. The molecular weight excluding hydrogens is 276 g/mol.